The summed E-state index contributed by atoms with van der Waals surface area (Å²) in [6.45, 7) is 2.86. The molecule has 2 aromatic rings. The van der Waals surface area contributed by atoms with Crippen LogP contribution in [0.15, 0.2) is 33.9 Å². The Kier molecular flexibility index (Phi) is 4.89. The SMILES string of the molecule is CCn1c(=O)c2ccccc2n(CC(=O)N2CCC[C@H]3CCCC[C@@H]32)c1=O. The summed E-state index contributed by atoms with van der Waals surface area (Å²) in [5.41, 5.74) is -0.137. The number of hydrogen-bond acceptors (Lipinski definition) is 3. The van der Waals surface area contributed by atoms with Crippen molar-refractivity contribution in [3.8, 4) is 0 Å². The van der Waals surface area contributed by atoms with Gasteiger partial charge >= 0.3 is 5.69 Å². The summed E-state index contributed by atoms with van der Waals surface area (Å²) in [6.07, 6.45) is 6.96. The molecule has 2 atom stereocenters. The molecule has 27 heavy (non-hydrogen) atoms. The van der Waals surface area contributed by atoms with Crippen LogP contribution in [0.1, 0.15) is 45.4 Å². The Morgan fingerprint density at radius 3 is 2.59 bits per heavy atom. The van der Waals surface area contributed by atoms with Gasteiger partial charge in [-0.25, -0.2) is 4.79 Å². The highest BCUT2D eigenvalue weighted by atomic mass is 16.2. The molecule has 6 heteroatoms. The van der Waals surface area contributed by atoms with E-state index in [1.165, 1.54) is 34.8 Å². The van der Waals surface area contributed by atoms with Gasteiger partial charge in [0.1, 0.15) is 6.54 Å². The van der Waals surface area contributed by atoms with E-state index in [9.17, 15) is 14.4 Å². The molecule has 1 aliphatic heterocycles. The number of benzene rings is 1. The molecular formula is C21H27N3O3. The van der Waals surface area contributed by atoms with Crippen LogP contribution in [0.3, 0.4) is 0 Å². The molecule has 0 N–H and O–H groups in total. The van der Waals surface area contributed by atoms with Crippen molar-refractivity contribution in [1.29, 1.82) is 0 Å². The fraction of sp³-hybridized carbons (Fsp3) is 0.571. The fourth-order valence-electron chi connectivity index (χ4n) is 4.96. The minimum atomic E-state index is -0.397. The van der Waals surface area contributed by atoms with E-state index in [0.29, 0.717) is 29.4 Å². The van der Waals surface area contributed by atoms with Crippen LogP contribution in [0.2, 0.25) is 0 Å². The maximum atomic E-state index is 13.2. The number of likely N-dealkylation sites (tertiary alicyclic amines) is 1. The minimum absolute atomic E-state index is 0.000144. The standard InChI is InChI=1S/C21H27N3O3/c1-2-22-20(26)16-10-4-6-12-18(16)24(21(22)27)14-19(25)23-13-7-9-15-8-3-5-11-17(15)23/h4,6,10,12,15,17H,2-3,5,7-9,11,13-14H2,1H3/t15-,17+/m1/s1. The molecule has 0 unspecified atom stereocenters. The topological polar surface area (TPSA) is 64.3 Å². The van der Waals surface area contributed by atoms with Crippen LogP contribution in [-0.4, -0.2) is 32.5 Å². The van der Waals surface area contributed by atoms with Gasteiger partial charge in [-0.15, -0.1) is 0 Å². The highest BCUT2D eigenvalue weighted by molar-refractivity contribution is 5.82. The molecule has 1 amide bonds. The van der Waals surface area contributed by atoms with Gasteiger partial charge in [0.05, 0.1) is 10.9 Å². The van der Waals surface area contributed by atoms with E-state index >= 15 is 0 Å². The lowest BCUT2D eigenvalue weighted by molar-refractivity contribution is -0.138. The number of hydrogen-bond donors (Lipinski definition) is 0. The van der Waals surface area contributed by atoms with E-state index in [1.807, 2.05) is 4.90 Å². The molecule has 0 radical (unpaired) electrons. The van der Waals surface area contributed by atoms with E-state index in [0.717, 1.165) is 19.4 Å². The van der Waals surface area contributed by atoms with Gasteiger partial charge < -0.3 is 4.90 Å². The number of amides is 1. The van der Waals surface area contributed by atoms with Crippen LogP contribution in [0.5, 0.6) is 0 Å². The number of carbonyl (C=O) groups is 1. The second-order valence-electron chi connectivity index (χ2n) is 7.78. The smallest absolute Gasteiger partial charge is 0.331 e. The summed E-state index contributed by atoms with van der Waals surface area (Å²) in [6, 6.07) is 7.39. The van der Waals surface area contributed by atoms with Crippen molar-refractivity contribution in [2.45, 2.75) is 64.6 Å². The molecule has 0 spiro atoms. The Hall–Kier alpha value is -2.37. The van der Waals surface area contributed by atoms with E-state index < -0.39 is 5.69 Å². The maximum Gasteiger partial charge on any atom is 0.331 e. The molecule has 1 saturated heterocycles. The van der Waals surface area contributed by atoms with Gasteiger partial charge in [0.15, 0.2) is 0 Å². The van der Waals surface area contributed by atoms with Crippen LogP contribution >= 0.6 is 0 Å². The molecule has 0 bridgehead atoms. The molecule has 2 heterocycles. The second kappa shape index (κ2) is 7.33. The normalized spacial score (nSPS) is 22.6. The molecule has 1 aromatic carbocycles. The van der Waals surface area contributed by atoms with Gasteiger partial charge in [0.25, 0.3) is 5.56 Å². The molecule has 144 valence electrons. The second-order valence-corrected chi connectivity index (χ2v) is 7.78. The lowest BCUT2D eigenvalue weighted by Gasteiger charge is -2.44. The van der Waals surface area contributed by atoms with Gasteiger partial charge in [0, 0.05) is 19.1 Å². The van der Waals surface area contributed by atoms with E-state index in [2.05, 4.69) is 0 Å². The Morgan fingerprint density at radius 2 is 1.78 bits per heavy atom. The van der Waals surface area contributed by atoms with E-state index in [-0.39, 0.29) is 18.0 Å². The number of rotatable bonds is 3. The Morgan fingerprint density at radius 1 is 1.04 bits per heavy atom. The van der Waals surface area contributed by atoms with Crippen LogP contribution in [0, 0.1) is 5.92 Å². The summed E-state index contributed by atoms with van der Waals surface area (Å²) >= 11 is 0. The zero-order chi connectivity index (χ0) is 19.0. The molecular weight excluding hydrogens is 342 g/mol. The van der Waals surface area contributed by atoms with Gasteiger partial charge in [-0.1, -0.05) is 25.0 Å². The van der Waals surface area contributed by atoms with Crippen molar-refractivity contribution >= 4 is 16.8 Å². The third-order valence-corrected chi connectivity index (χ3v) is 6.31. The average molecular weight is 369 g/mol. The third kappa shape index (κ3) is 3.11. The molecule has 2 aliphatic rings. The van der Waals surface area contributed by atoms with Gasteiger partial charge in [0.2, 0.25) is 5.91 Å². The highest BCUT2D eigenvalue weighted by Gasteiger charge is 2.35. The highest BCUT2D eigenvalue weighted by Crippen LogP contribution is 2.35. The molecule has 6 nitrogen and oxygen atoms in total. The predicted octanol–water partition coefficient (Wildman–Crippen LogP) is 2.36. The van der Waals surface area contributed by atoms with Crippen LogP contribution in [0.25, 0.3) is 10.9 Å². The first-order valence-corrected chi connectivity index (χ1v) is 10.1. The number of fused-ring (bicyclic) bond motifs is 2. The van der Waals surface area contributed by atoms with Crippen molar-refractivity contribution in [3.05, 3.63) is 45.1 Å². The molecule has 1 saturated carbocycles. The Labute approximate surface area is 158 Å². The summed E-state index contributed by atoms with van der Waals surface area (Å²) in [4.78, 5) is 40.6. The lowest BCUT2D eigenvalue weighted by atomic mass is 9.78. The van der Waals surface area contributed by atoms with E-state index in [1.54, 1.807) is 31.2 Å². The summed E-state index contributed by atoms with van der Waals surface area (Å²) < 4.78 is 2.70. The predicted molar refractivity (Wildman–Crippen MR) is 105 cm³/mol. The largest absolute Gasteiger partial charge is 0.338 e. The van der Waals surface area contributed by atoms with Gasteiger partial charge in [-0.3, -0.25) is 18.7 Å². The quantitative estimate of drug-likeness (QED) is 0.834. The van der Waals surface area contributed by atoms with Crippen LogP contribution in [0.4, 0.5) is 0 Å². The maximum absolute atomic E-state index is 13.2. The number of piperidine rings is 1. The molecule has 1 aromatic heterocycles. The number of aromatic nitrogens is 2. The minimum Gasteiger partial charge on any atom is -0.338 e. The van der Waals surface area contributed by atoms with Crippen molar-refractivity contribution in [2.75, 3.05) is 6.54 Å². The zero-order valence-electron chi connectivity index (χ0n) is 15.9. The summed E-state index contributed by atoms with van der Waals surface area (Å²) in [7, 11) is 0. The fourth-order valence-corrected chi connectivity index (χ4v) is 4.96. The van der Waals surface area contributed by atoms with Gasteiger partial charge in [-0.05, 0) is 50.7 Å². The van der Waals surface area contributed by atoms with Gasteiger partial charge in [-0.2, -0.15) is 0 Å². The third-order valence-electron chi connectivity index (χ3n) is 6.31. The first-order valence-electron chi connectivity index (χ1n) is 10.1. The first-order chi connectivity index (χ1) is 13.1. The zero-order valence-corrected chi connectivity index (χ0v) is 15.9. The molecule has 2 fully saturated rings. The van der Waals surface area contributed by atoms with E-state index in [4.69, 9.17) is 0 Å². The van der Waals surface area contributed by atoms with Crippen LogP contribution in [-0.2, 0) is 17.9 Å². The van der Waals surface area contributed by atoms with Crippen LogP contribution < -0.4 is 11.2 Å². The number of carbonyl (C=O) groups excluding carboxylic acids is 1. The average Bonchev–Trinajstić information content (AvgIpc) is 2.71. The summed E-state index contributed by atoms with van der Waals surface area (Å²) in [5.74, 6) is 0.606. The lowest BCUT2D eigenvalue weighted by Crippen LogP contribution is -2.51. The monoisotopic (exact) mass is 369 g/mol. The Balaban J connectivity index is 1.72. The summed E-state index contributed by atoms with van der Waals surface area (Å²) in [5, 5.41) is 0.487. The van der Waals surface area contributed by atoms with Crippen molar-refractivity contribution in [3.63, 3.8) is 0 Å². The van der Waals surface area contributed by atoms with Crippen molar-refractivity contribution in [2.24, 2.45) is 5.92 Å². The van der Waals surface area contributed by atoms with Crippen molar-refractivity contribution < 1.29 is 4.79 Å². The molecule has 1 aliphatic carbocycles. The first kappa shape index (κ1) is 18.0. The Bertz CT molecular complexity index is 973. The molecule has 4 rings (SSSR count). The number of para-hydroxylation sites is 1. The van der Waals surface area contributed by atoms with Crippen molar-refractivity contribution in [1.82, 2.24) is 14.0 Å². The number of nitrogens with zero attached hydrogens (tertiary/aromatic N) is 3.